The lowest BCUT2D eigenvalue weighted by atomic mass is 9.98. The highest BCUT2D eigenvalue weighted by molar-refractivity contribution is 5.54. The predicted molar refractivity (Wildman–Crippen MR) is 56.2 cm³/mol. The van der Waals surface area contributed by atoms with Gasteiger partial charge in [0.15, 0.2) is 0 Å². The van der Waals surface area contributed by atoms with Gasteiger partial charge in [0.25, 0.3) is 0 Å². The third kappa shape index (κ3) is 3.71. The fourth-order valence-corrected chi connectivity index (χ4v) is 1.40. The molecule has 2 heteroatoms. The number of carbonyl (C=O) groups is 1. The molecular formula is C12H16O2. The van der Waals surface area contributed by atoms with Gasteiger partial charge in [0.2, 0.25) is 0 Å². The number of carbonyl (C=O) groups excluding carboxylic acids is 1. The Hall–Kier alpha value is -1.15. The molecule has 0 fully saturated rings. The minimum Gasteiger partial charge on any atom is -0.385 e. The Kier molecular flexibility index (Phi) is 4.94. The minimum atomic E-state index is 0.0809. The third-order valence-electron chi connectivity index (χ3n) is 2.23. The van der Waals surface area contributed by atoms with E-state index in [1.165, 1.54) is 5.56 Å². The van der Waals surface area contributed by atoms with Crippen molar-refractivity contribution in [1.82, 2.24) is 0 Å². The molecule has 0 saturated heterocycles. The Labute approximate surface area is 84.9 Å². The summed E-state index contributed by atoms with van der Waals surface area (Å²) in [7, 11) is 1.66. The molecule has 2 nitrogen and oxygen atoms in total. The second-order valence-corrected chi connectivity index (χ2v) is 3.37. The van der Waals surface area contributed by atoms with Gasteiger partial charge in [0, 0.05) is 19.6 Å². The van der Waals surface area contributed by atoms with E-state index in [1.54, 1.807) is 7.11 Å². The van der Waals surface area contributed by atoms with Crippen LogP contribution in [-0.4, -0.2) is 20.0 Å². The maximum absolute atomic E-state index is 10.8. The van der Waals surface area contributed by atoms with Crippen LogP contribution in [0.3, 0.4) is 0 Å². The zero-order valence-corrected chi connectivity index (χ0v) is 8.48. The first-order chi connectivity index (χ1) is 6.86. The number of methoxy groups -OCH3 is 1. The molecule has 0 saturated carbocycles. The lowest BCUT2D eigenvalue weighted by Crippen LogP contribution is -2.09. The van der Waals surface area contributed by atoms with Crippen LogP contribution in [0.15, 0.2) is 30.3 Å². The summed E-state index contributed by atoms with van der Waals surface area (Å²) in [6.45, 7) is 0.649. The SMILES string of the molecule is COCC[C@H](C=O)Cc1ccccc1. The molecule has 0 amide bonds. The molecule has 0 heterocycles. The minimum absolute atomic E-state index is 0.0809. The Morgan fingerprint density at radius 3 is 2.64 bits per heavy atom. The summed E-state index contributed by atoms with van der Waals surface area (Å²) >= 11 is 0. The smallest absolute Gasteiger partial charge is 0.123 e. The topological polar surface area (TPSA) is 26.3 Å². The van der Waals surface area contributed by atoms with E-state index in [1.807, 2.05) is 30.3 Å². The van der Waals surface area contributed by atoms with Crippen molar-refractivity contribution in [3.05, 3.63) is 35.9 Å². The molecule has 0 aromatic heterocycles. The molecule has 1 rings (SSSR count). The van der Waals surface area contributed by atoms with Crippen LogP contribution in [0.4, 0.5) is 0 Å². The first-order valence-electron chi connectivity index (χ1n) is 4.85. The number of ether oxygens (including phenoxy) is 1. The molecule has 0 aliphatic carbocycles. The quantitative estimate of drug-likeness (QED) is 0.645. The molecule has 0 unspecified atom stereocenters. The van der Waals surface area contributed by atoms with E-state index >= 15 is 0 Å². The van der Waals surface area contributed by atoms with Gasteiger partial charge in [-0.25, -0.2) is 0 Å². The van der Waals surface area contributed by atoms with E-state index < -0.39 is 0 Å². The summed E-state index contributed by atoms with van der Waals surface area (Å²) in [5, 5.41) is 0. The summed E-state index contributed by atoms with van der Waals surface area (Å²) in [6, 6.07) is 10.1. The van der Waals surface area contributed by atoms with Crippen LogP contribution in [0.2, 0.25) is 0 Å². The molecule has 0 spiro atoms. The molecular weight excluding hydrogens is 176 g/mol. The van der Waals surface area contributed by atoms with E-state index in [0.717, 1.165) is 19.1 Å². The van der Waals surface area contributed by atoms with Crippen molar-refractivity contribution in [3.63, 3.8) is 0 Å². The standard InChI is InChI=1S/C12H16O2/c1-14-8-7-12(10-13)9-11-5-3-2-4-6-11/h2-6,10,12H,7-9H2,1H3/t12-/m0/s1. The second-order valence-electron chi connectivity index (χ2n) is 3.37. The molecule has 0 radical (unpaired) electrons. The summed E-state index contributed by atoms with van der Waals surface area (Å²) < 4.78 is 4.95. The first-order valence-corrected chi connectivity index (χ1v) is 4.85. The van der Waals surface area contributed by atoms with Gasteiger partial charge in [0.05, 0.1) is 0 Å². The van der Waals surface area contributed by atoms with Gasteiger partial charge in [-0.05, 0) is 18.4 Å². The van der Waals surface area contributed by atoms with E-state index in [2.05, 4.69) is 0 Å². The van der Waals surface area contributed by atoms with Gasteiger partial charge in [-0.3, -0.25) is 0 Å². The molecule has 0 bridgehead atoms. The van der Waals surface area contributed by atoms with Gasteiger partial charge >= 0.3 is 0 Å². The number of benzene rings is 1. The average Bonchev–Trinajstić information content (AvgIpc) is 2.25. The van der Waals surface area contributed by atoms with Crippen LogP contribution in [0.5, 0.6) is 0 Å². The predicted octanol–water partition coefficient (Wildman–Crippen LogP) is 2.08. The van der Waals surface area contributed by atoms with Crippen molar-refractivity contribution in [2.24, 2.45) is 5.92 Å². The van der Waals surface area contributed by atoms with Gasteiger partial charge in [-0.1, -0.05) is 30.3 Å². The van der Waals surface area contributed by atoms with E-state index in [4.69, 9.17) is 4.74 Å². The van der Waals surface area contributed by atoms with Crippen LogP contribution in [-0.2, 0) is 16.0 Å². The largest absolute Gasteiger partial charge is 0.385 e. The Morgan fingerprint density at radius 2 is 2.07 bits per heavy atom. The molecule has 0 aliphatic heterocycles. The first kappa shape index (κ1) is 10.9. The fraction of sp³-hybridized carbons (Fsp3) is 0.417. The molecule has 1 aromatic carbocycles. The van der Waals surface area contributed by atoms with Crippen LogP contribution in [0.25, 0.3) is 0 Å². The Bertz CT molecular complexity index is 256. The summed E-state index contributed by atoms with van der Waals surface area (Å²) in [6.07, 6.45) is 2.63. The van der Waals surface area contributed by atoms with Crippen LogP contribution >= 0.6 is 0 Å². The molecule has 76 valence electrons. The second kappa shape index (κ2) is 6.33. The number of aldehydes is 1. The van der Waals surface area contributed by atoms with Crippen molar-refractivity contribution in [3.8, 4) is 0 Å². The zero-order chi connectivity index (χ0) is 10.2. The van der Waals surface area contributed by atoms with Gasteiger partial charge in [-0.2, -0.15) is 0 Å². The lowest BCUT2D eigenvalue weighted by molar-refractivity contribution is -0.111. The number of hydrogen-bond donors (Lipinski definition) is 0. The summed E-state index contributed by atoms with van der Waals surface area (Å²) in [5.74, 6) is 0.0809. The van der Waals surface area contributed by atoms with E-state index in [-0.39, 0.29) is 5.92 Å². The zero-order valence-electron chi connectivity index (χ0n) is 8.48. The van der Waals surface area contributed by atoms with Gasteiger partial charge < -0.3 is 9.53 Å². The fourth-order valence-electron chi connectivity index (χ4n) is 1.40. The maximum atomic E-state index is 10.8. The molecule has 0 aliphatic rings. The number of hydrogen-bond acceptors (Lipinski definition) is 2. The highest BCUT2D eigenvalue weighted by atomic mass is 16.5. The third-order valence-corrected chi connectivity index (χ3v) is 2.23. The average molecular weight is 192 g/mol. The van der Waals surface area contributed by atoms with E-state index in [0.29, 0.717) is 6.61 Å². The molecule has 14 heavy (non-hydrogen) atoms. The normalized spacial score (nSPS) is 12.4. The van der Waals surface area contributed by atoms with Crippen LogP contribution < -0.4 is 0 Å². The monoisotopic (exact) mass is 192 g/mol. The highest BCUT2D eigenvalue weighted by Gasteiger charge is 2.07. The molecule has 0 N–H and O–H groups in total. The Morgan fingerprint density at radius 1 is 1.36 bits per heavy atom. The highest BCUT2D eigenvalue weighted by Crippen LogP contribution is 2.09. The van der Waals surface area contributed by atoms with Crippen molar-refractivity contribution in [2.75, 3.05) is 13.7 Å². The Balaban J connectivity index is 2.44. The van der Waals surface area contributed by atoms with Crippen LogP contribution in [0, 0.1) is 5.92 Å². The van der Waals surface area contributed by atoms with Gasteiger partial charge in [-0.15, -0.1) is 0 Å². The lowest BCUT2D eigenvalue weighted by Gasteiger charge is -2.08. The summed E-state index contributed by atoms with van der Waals surface area (Å²) in [4.78, 5) is 10.8. The van der Waals surface area contributed by atoms with Crippen LogP contribution in [0.1, 0.15) is 12.0 Å². The number of rotatable bonds is 6. The van der Waals surface area contributed by atoms with Gasteiger partial charge in [0.1, 0.15) is 6.29 Å². The molecule has 1 aromatic rings. The van der Waals surface area contributed by atoms with Crippen molar-refractivity contribution >= 4 is 6.29 Å². The van der Waals surface area contributed by atoms with E-state index in [9.17, 15) is 4.79 Å². The van der Waals surface area contributed by atoms with Crippen molar-refractivity contribution in [1.29, 1.82) is 0 Å². The maximum Gasteiger partial charge on any atom is 0.123 e. The van der Waals surface area contributed by atoms with Crippen molar-refractivity contribution in [2.45, 2.75) is 12.8 Å². The van der Waals surface area contributed by atoms with Crippen molar-refractivity contribution < 1.29 is 9.53 Å². The summed E-state index contributed by atoms with van der Waals surface area (Å²) in [5.41, 5.74) is 1.21. The molecule has 1 atom stereocenters.